The summed E-state index contributed by atoms with van der Waals surface area (Å²) in [6.45, 7) is 0. The van der Waals surface area contributed by atoms with Gasteiger partial charge < -0.3 is 13.9 Å². The predicted molar refractivity (Wildman–Crippen MR) is 264 cm³/mol. The number of para-hydroxylation sites is 4. The van der Waals surface area contributed by atoms with Crippen LogP contribution in [0.3, 0.4) is 0 Å². The molecule has 3 heteroatoms. The molecule has 2 aromatic heterocycles. The van der Waals surface area contributed by atoms with Crippen molar-refractivity contribution in [1.29, 1.82) is 0 Å². The monoisotopic (exact) mass is 804 g/mol. The van der Waals surface area contributed by atoms with Gasteiger partial charge in [0.25, 0.3) is 0 Å². The van der Waals surface area contributed by atoms with Crippen LogP contribution in [0.15, 0.2) is 247 Å². The number of fused-ring (bicyclic) bond motifs is 6. The molecule has 2 heterocycles. The van der Waals surface area contributed by atoms with Crippen molar-refractivity contribution in [1.82, 2.24) is 4.57 Å². The molecule has 0 atom stereocenters. The maximum Gasteiger partial charge on any atom is 0.136 e. The van der Waals surface area contributed by atoms with Crippen molar-refractivity contribution < 1.29 is 4.42 Å². The number of furan rings is 1. The van der Waals surface area contributed by atoms with Crippen LogP contribution in [0.4, 0.5) is 17.1 Å². The van der Waals surface area contributed by atoms with E-state index < -0.39 is 0 Å². The van der Waals surface area contributed by atoms with Gasteiger partial charge >= 0.3 is 0 Å². The van der Waals surface area contributed by atoms with E-state index in [1.807, 2.05) is 12.1 Å². The fraction of sp³-hybridized carbons (Fsp3) is 0. The van der Waals surface area contributed by atoms with E-state index in [0.717, 1.165) is 66.9 Å². The number of rotatable bonds is 8. The minimum absolute atomic E-state index is 0.891. The predicted octanol–water partition coefficient (Wildman–Crippen LogP) is 16.8. The first kappa shape index (κ1) is 36.5. The smallest absolute Gasteiger partial charge is 0.136 e. The standard InChI is InChI=1S/C60H40N2O/c1-2-14-44(15-3-1)51-20-4-8-24-56(51)61(49-18-13-17-46(39-49)47-34-37-55-54-23-7-11-27-59(54)63-60(55)40-47)48-35-32-42(33-36-48)41-28-30-43(31-29-41)45-16-12-19-50(38-45)62-57-25-9-5-21-52(57)53-22-6-10-26-58(53)62/h1-40H. The van der Waals surface area contributed by atoms with Crippen molar-refractivity contribution >= 4 is 60.8 Å². The Morgan fingerprint density at radius 3 is 1.57 bits per heavy atom. The van der Waals surface area contributed by atoms with Gasteiger partial charge in [-0.15, -0.1) is 0 Å². The van der Waals surface area contributed by atoms with Crippen LogP contribution in [-0.4, -0.2) is 4.57 Å². The third kappa shape index (κ3) is 6.46. The Balaban J connectivity index is 0.894. The minimum Gasteiger partial charge on any atom is -0.456 e. The number of benzene rings is 10. The lowest BCUT2D eigenvalue weighted by Crippen LogP contribution is -2.11. The molecular weight excluding hydrogens is 765 g/mol. The second-order valence-corrected chi connectivity index (χ2v) is 16.1. The van der Waals surface area contributed by atoms with Crippen LogP contribution >= 0.6 is 0 Å². The van der Waals surface area contributed by atoms with Crippen molar-refractivity contribution in [2.75, 3.05) is 4.90 Å². The summed E-state index contributed by atoms with van der Waals surface area (Å²) in [5, 5.41) is 4.80. The Bertz CT molecular complexity index is 3560. The molecule has 12 aromatic rings. The number of hydrogen-bond acceptors (Lipinski definition) is 2. The van der Waals surface area contributed by atoms with E-state index in [-0.39, 0.29) is 0 Å². The van der Waals surface area contributed by atoms with E-state index in [9.17, 15) is 0 Å². The summed E-state index contributed by atoms with van der Waals surface area (Å²) in [5.41, 5.74) is 17.9. The van der Waals surface area contributed by atoms with Gasteiger partial charge in [-0.1, -0.05) is 170 Å². The zero-order valence-corrected chi connectivity index (χ0v) is 34.4. The Labute approximate surface area is 366 Å². The zero-order valence-electron chi connectivity index (χ0n) is 34.4. The van der Waals surface area contributed by atoms with Gasteiger partial charge in [0, 0.05) is 44.2 Å². The fourth-order valence-corrected chi connectivity index (χ4v) is 9.37. The first-order chi connectivity index (χ1) is 31.2. The van der Waals surface area contributed by atoms with Crippen LogP contribution in [0.5, 0.6) is 0 Å². The van der Waals surface area contributed by atoms with Crippen molar-refractivity contribution in [3.8, 4) is 50.2 Å². The molecule has 0 bridgehead atoms. The molecule has 0 aliphatic rings. The number of hydrogen-bond donors (Lipinski definition) is 0. The second-order valence-electron chi connectivity index (χ2n) is 16.1. The van der Waals surface area contributed by atoms with Crippen LogP contribution < -0.4 is 4.90 Å². The molecule has 0 unspecified atom stereocenters. The summed E-state index contributed by atoms with van der Waals surface area (Å²) in [7, 11) is 0. The van der Waals surface area contributed by atoms with E-state index in [4.69, 9.17) is 4.42 Å². The Hall–Kier alpha value is -8.40. The van der Waals surface area contributed by atoms with E-state index in [1.165, 1.54) is 44.1 Å². The summed E-state index contributed by atoms with van der Waals surface area (Å²) < 4.78 is 8.68. The van der Waals surface area contributed by atoms with E-state index >= 15 is 0 Å². The highest BCUT2D eigenvalue weighted by molar-refractivity contribution is 6.09. The molecule has 0 amide bonds. The largest absolute Gasteiger partial charge is 0.456 e. The molecule has 63 heavy (non-hydrogen) atoms. The van der Waals surface area contributed by atoms with Crippen molar-refractivity contribution in [2.24, 2.45) is 0 Å². The van der Waals surface area contributed by atoms with Crippen molar-refractivity contribution in [3.05, 3.63) is 243 Å². The van der Waals surface area contributed by atoms with Crippen LogP contribution in [-0.2, 0) is 0 Å². The summed E-state index contributed by atoms with van der Waals surface area (Å²) in [5.74, 6) is 0. The highest BCUT2D eigenvalue weighted by Gasteiger charge is 2.19. The van der Waals surface area contributed by atoms with Crippen molar-refractivity contribution in [2.45, 2.75) is 0 Å². The third-order valence-corrected chi connectivity index (χ3v) is 12.4. The van der Waals surface area contributed by atoms with E-state index in [1.54, 1.807) is 0 Å². The van der Waals surface area contributed by atoms with E-state index in [0.29, 0.717) is 0 Å². The molecule has 296 valence electrons. The maximum atomic E-state index is 6.31. The number of nitrogens with zero attached hydrogens (tertiary/aromatic N) is 2. The van der Waals surface area contributed by atoms with Gasteiger partial charge in [-0.05, 0) is 112 Å². The van der Waals surface area contributed by atoms with Gasteiger partial charge in [0.15, 0.2) is 0 Å². The van der Waals surface area contributed by atoms with Gasteiger partial charge in [0.2, 0.25) is 0 Å². The average molecular weight is 805 g/mol. The highest BCUT2D eigenvalue weighted by Crippen LogP contribution is 2.43. The first-order valence-electron chi connectivity index (χ1n) is 21.5. The SMILES string of the molecule is c1ccc(-c2ccccc2N(c2ccc(-c3ccc(-c4cccc(-n5c6ccccc6c6ccccc65)c4)cc3)cc2)c2cccc(-c3ccc4c(c3)oc3ccccc34)c2)cc1. The van der Waals surface area contributed by atoms with Crippen molar-refractivity contribution in [3.63, 3.8) is 0 Å². The van der Waals surface area contributed by atoms with Gasteiger partial charge in [-0.25, -0.2) is 0 Å². The quantitative estimate of drug-likeness (QED) is 0.153. The third-order valence-electron chi connectivity index (χ3n) is 12.4. The molecule has 3 nitrogen and oxygen atoms in total. The fourth-order valence-electron chi connectivity index (χ4n) is 9.37. The molecule has 0 N–H and O–H groups in total. The Morgan fingerprint density at radius 1 is 0.302 bits per heavy atom. The summed E-state index contributed by atoms with van der Waals surface area (Å²) in [6.07, 6.45) is 0. The van der Waals surface area contributed by atoms with Gasteiger partial charge in [-0.2, -0.15) is 0 Å². The summed E-state index contributed by atoms with van der Waals surface area (Å²) >= 11 is 0. The molecule has 0 fully saturated rings. The molecule has 0 spiro atoms. The minimum atomic E-state index is 0.891. The molecule has 0 aliphatic heterocycles. The van der Waals surface area contributed by atoms with E-state index in [2.05, 4.69) is 240 Å². The lowest BCUT2D eigenvalue weighted by atomic mass is 9.98. The molecule has 0 aliphatic carbocycles. The van der Waals surface area contributed by atoms with Gasteiger partial charge in [-0.3, -0.25) is 0 Å². The number of anilines is 3. The molecule has 10 aromatic carbocycles. The zero-order chi connectivity index (χ0) is 41.7. The highest BCUT2D eigenvalue weighted by atomic mass is 16.3. The second kappa shape index (κ2) is 15.3. The molecular formula is C60H40N2O. The number of aromatic nitrogens is 1. The maximum absolute atomic E-state index is 6.31. The van der Waals surface area contributed by atoms with Crippen LogP contribution in [0, 0.1) is 0 Å². The normalized spacial score (nSPS) is 11.5. The lowest BCUT2D eigenvalue weighted by molar-refractivity contribution is 0.669. The Kier molecular flexibility index (Phi) is 8.83. The van der Waals surface area contributed by atoms with Crippen LogP contribution in [0.25, 0.3) is 93.9 Å². The van der Waals surface area contributed by atoms with Crippen LogP contribution in [0.2, 0.25) is 0 Å². The molecule has 0 saturated heterocycles. The topological polar surface area (TPSA) is 21.3 Å². The van der Waals surface area contributed by atoms with Gasteiger partial charge in [0.05, 0.1) is 16.7 Å². The van der Waals surface area contributed by atoms with Gasteiger partial charge in [0.1, 0.15) is 11.2 Å². The summed E-state index contributed by atoms with van der Waals surface area (Å²) in [4.78, 5) is 2.38. The summed E-state index contributed by atoms with van der Waals surface area (Å²) in [6, 6.07) is 87.1. The molecule has 0 saturated carbocycles. The average Bonchev–Trinajstić information content (AvgIpc) is 3.90. The molecule has 0 radical (unpaired) electrons. The van der Waals surface area contributed by atoms with Crippen LogP contribution in [0.1, 0.15) is 0 Å². The first-order valence-corrected chi connectivity index (χ1v) is 21.5. The molecule has 12 rings (SSSR count). The Morgan fingerprint density at radius 2 is 0.825 bits per heavy atom. The lowest BCUT2D eigenvalue weighted by Gasteiger charge is -2.28.